The fourth-order valence-electron chi connectivity index (χ4n) is 4.82. The molecule has 0 N–H and O–H groups in total. The molecule has 5 rings (SSSR count). The fraction of sp³-hybridized carbons (Fsp3) is 0.381. The Morgan fingerprint density at radius 2 is 1.97 bits per heavy atom. The Balaban J connectivity index is 0.00000205. The first-order valence-corrected chi connectivity index (χ1v) is 9.57. The summed E-state index contributed by atoms with van der Waals surface area (Å²) >= 11 is 0. The molecular weight excluding hydrogens is 390 g/mol. The normalized spacial score (nSPS) is 23.8. The van der Waals surface area contributed by atoms with Gasteiger partial charge >= 0.3 is 0 Å². The highest BCUT2D eigenvalue weighted by atomic mass is 35.5. The van der Waals surface area contributed by atoms with Crippen molar-refractivity contribution in [1.82, 2.24) is 24.2 Å². The maximum Gasteiger partial charge on any atom is 0.274 e. The summed E-state index contributed by atoms with van der Waals surface area (Å²) < 4.78 is 7.08. The molecule has 0 radical (unpaired) electrons. The van der Waals surface area contributed by atoms with Gasteiger partial charge in [-0.3, -0.25) is 14.1 Å². The van der Waals surface area contributed by atoms with Crippen LogP contribution in [0, 0.1) is 11.8 Å². The van der Waals surface area contributed by atoms with E-state index in [4.69, 9.17) is 4.74 Å². The molecule has 2 aliphatic rings. The molecule has 1 aromatic carbocycles. The third kappa shape index (κ3) is 3.34. The number of fused-ring (bicyclic) bond motifs is 2. The van der Waals surface area contributed by atoms with Crippen molar-refractivity contribution in [3.63, 3.8) is 0 Å². The number of carbonyl (C=O) groups is 1. The molecule has 3 aromatic rings. The van der Waals surface area contributed by atoms with E-state index in [9.17, 15) is 4.79 Å². The fourth-order valence-corrected chi connectivity index (χ4v) is 4.82. The van der Waals surface area contributed by atoms with Crippen molar-refractivity contribution in [3.8, 4) is 5.75 Å². The molecule has 0 bridgehead atoms. The van der Waals surface area contributed by atoms with Crippen molar-refractivity contribution in [2.45, 2.75) is 6.04 Å². The summed E-state index contributed by atoms with van der Waals surface area (Å²) in [5.74, 6) is 2.33. The molecule has 8 heteroatoms. The van der Waals surface area contributed by atoms with Crippen LogP contribution in [0.2, 0.25) is 0 Å². The first-order valence-electron chi connectivity index (χ1n) is 9.57. The second-order valence-corrected chi connectivity index (χ2v) is 7.74. The molecule has 2 saturated heterocycles. The van der Waals surface area contributed by atoms with Crippen LogP contribution >= 0.6 is 12.4 Å². The SMILES string of the molecule is COc1ccc([C@@H]2[C@@H]3CN(C(=O)c4cn5cccnc5n4)C[C@@H]3CN2C)cc1.Cl. The Morgan fingerprint density at radius 1 is 1.17 bits per heavy atom. The van der Waals surface area contributed by atoms with Crippen LogP contribution in [0.15, 0.2) is 48.9 Å². The number of aromatic nitrogens is 3. The predicted molar refractivity (Wildman–Crippen MR) is 111 cm³/mol. The topological polar surface area (TPSA) is 63.0 Å². The highest BCUT2D eigenvalue weighted by Crippen LogP contribution is 2.44. The van der Waals surface area contributed by atoms with E-state index in [0.29, 0.717) is 29.3 Å². The highest BCUT2D eigenvalue weighted by Gasteiger charge is 2.47. The third-order valence-corrected chi connectivity index (χ3v) is 6.09. The Hall–Kier alpha value is -2.64. The average molecular weight is 414 g/mol. The number of ether oxygens (including phenoxy) is 1. The molecule has 4 heterocycles. The van der Waals surface area contributed by atoms with Crippen LogP contribution in [0.3, 0.4) is 0 Å². The van der Waals surface area contributed by atoms with Crippen molar-refractivity contribution in [2.24, 2.45) is 11.8 Å². The van der Waals surface area contributed by atoms with Gasteiger partial charge in [0, 0.05) is 50.2 Å². The second kappa shape index (κ2) is 7.65. The van der Waals surface area contributed by atoms with Crippen LogP contribution in [0.5, 0.6) is 5.75 Å². The number of likely N-dealkylation sites (tertiary alicyclic amines) is 2. The summed E-state index contributed by atoms with van der Waals surface area (Å²) in [6, 6.07) is 10.5. The van der Waals surface area contributed by atoms with E-state index >= 15 is 0 Å². The van der Waals surface area contributed by atoms with Crippen LogP contribution in [0.4, 0.5) is 0 Å². The lowest BCUT2D eigenvalue weighted by molar-refractivity contribution is 0.0762. The van der Waals surface area contributed by atoms with Gasteiger partial charge in [-0.2, -0.15) is 0 Å². The van der Waals surface area contributed by atoms with Crippen molar-refractivity contribution in [2.75, 3.05) is 33.8 Å². The molecular formula is C21H24ClN5O2. The summed E-state index contributed by atoms with van der Waals surface area (Å²) in [5.41, 5.74) is 1.75. The smallest absolute Gasteiger partial charge is 0.274 e. The average Bonchev–Trinajstić information content (AvgIpc) is 3.39. The van der Waals surface area contributed by atoms with Crippen LogP contribution < -0.4 is 4.74 Å². The molecule has 0 saturated carbocycles. The first kappa shape index (κ1) is 19.7. The van der Waals surface area contributed by atoms with Crippen molar-refractivity contribution >= 4 is 24.1 Å². The number of carbonyl (C=O) groups excluding carboxylic acids is 1. The molecule has 2 fully saturated rings. The first-order chi connectivity index (χ1) is 13.6. The lowest BCUT2D eigenvalue weighted by Crippen LogP contribution is -2.33. The number of methoxy groups -OCH3 is 1. The minimum Gasteiger partial charge on any atom is -0.497 e. The van der Waals surface area contributed by atoms with Gasteiger partial charge in [0.1, 0.15) is 11.4 Å². The maximum absolute atomic E-state index is 13.0. The van der Waals surface area contributed by atoms with E-state index in [1.54, 1.807) is 23.9 Å². The molecule has 152 valence electrons. The molecule has 3 atom stereocenters. The van der Waals surface area contributed by atoms with Crippen LogP contribution in [-0.4, -0.2) is 63.9 Å². The van der Waals surface area contributed by atoms with Gasteiger partial charge in [0.15, 0.2) is 0 Å². The molecule has 1 amide bonds. The third-order valence-electron chi connectivity index (χ3n) is 6.09. The number of imidazole rings is 1. The number of nitrogens with zero attached hydrogens (tertiary/aromatic N) is 5. The van der Waals surface area contributed by atoms with Crippen LogP contribution in [0.1, 0.15) is 22.1 Å². The number of halogens is 1. The predicted octanol–water partition coefficient (Wildman–Crippen LogP) is 2.53. The van der Waals surface area contributed by atoms with Gasteiger partial charge in [-0.1, -0.05) is 12.1 Å². The highest BCUT2D eigenvalue weighted by molar-refractivity contribution is 5.93. The Morgan fingerprint density at radius 3 is 2.69 bits per heavy atom. The lowest BCUT2D eigenvalue weighted by atomic mass is 9.89. The van der Waals surface area contributed by atoms with Gasteiger partial charge in [0.2, 0.25) is 5.78 Å². The summed E-state index contributed by atoms with van der Waals surface area (Å²) in [7, 11) is 3.86. The number of benzene rings is 1. The van der Waals surface area contributed by atoms with Crippen LogP contribution in [0.25, 0.3) is 5.78 Å². The summed E-state index contributed by atoms with van der Waals surface area (Å²) in [6.07, 6.45) is 5.32. The van der Waals surface area contributed by atoms with E-state index in [1.165, 1.54) is 5.56 Å². The van der Waals surface area contributed by atoms with Gasteiger partial charge in [0.25, 0.3) is 5.91 Å². The van der Waals surface area contributed by atoms with Gasteiger partial charge in [-0.25, -0.2) is 9.97 Å². The van der Waals surface area contributed by atoms with Gasteiger partial charge in [-0.05, 0) is 36.7 Å². The molecule has 0 unspecified atom stereocenters. The molecule has 0 aliphatic carbocycles. The minimum atomic E-state index is -0.00367. The van der Waals surface area contributed by atoms with Gasteiger partial charge in [0.05, 0.1) is 7.11 Å². The van der Waals surface area contributed by atoms with E-state index in [1.807, 2.05) is 29.3 Å². The van der Waals surface area contributed by atoms with Gasteiger partial charge < -0.3 is 9.64 Å². The van der Waals surface area contributed by atoms with Crippen LogP contribution in [-0.2, 0) is 0 Å². The van der Waals surface area contributed by atoms with Crippen molar-refractivity contribution in [3.05, 3.63) is 60.2 Å². The van der Waals surface area contributed by atoms with Gasteiger partial charge in [-0.15, -0.1) is 12.4 Å². The van der Waals surface area contributed by atoms with E-state index in [-0.39, 0.29) is 18.3 Å². The lowest BCUT2D eigenvalue weighted by Gasteiger charge is -2.26. The van der Waals surface area contributed by atoms with E-state index in [2.05, 4.69) is 34.0 Å². The molecule has 29 heavy (non-hydrogen) atoms. The maximum atomic E-state index is 13.0. The Kier molecular flexibility index (Phi) is 5.19. The molecule has 0 spiro atoms. The number of amides is 1. The monoisotopic (exact) mass is 413 g/mol. The molecule has 7 nitrogen and oxygen atoms in total. The zero-order valence-electron chi connectivity index (χ0n) is 16.4. The van der Waals surface area contributed by atoms with E-state index < -0.39 is 0 Å². The summed E-state index contributed by atoms with van der Waals surface area (Å²) in [5, 5.41) is 0. The standard InChI is InChI=1S/C21H23N5O2.ClH/c1-24-10-15-11-26(20(27)18-13-25-9-3-8-22-21(25)23-18)12-17(15)19(24)14-4-6-16(28-2)7-5-14;/h3-9,13,15,17,19H,10-12H2,1-2H3;1H/t15-,17+,19+;/m0./s1. The largest absolute Gasteiger partial charge is 0.497 e. The molecule has 2 aromatic heterocycles. The zero-order chi connectivity index (χ0) is 19.3. The summed E-state index contributed by atoms with van der Waals surface area (Å²) in [6.45, 7) is 2.53. The number of hydrogen-bond donors (Lipinski definition) is 0. The van der Waals surface area contributed by atoms with Crippen molar-refractivity contribution in [1.29, 1.82) is 0 Å². The zero-order valence-corrected chi connectivity index (χ0v) is 17.2. The molecule has 2 aliphatic heterocycles. The Bertz CT molecular complexity index is 988. The minimum absolute atomic E-state index is 0. The second-order valence-electron chi connectivity index (χ2n) is 7.74. The van der Waals surface area contributed by atoms with Crippen molar-refractivity contribution < 1.29 is 9.53 Å². The summed E-state index contributed by atoms with van der Waals surface area (Å²) in [4.78, 5) is 26.0. The van der Waals surface area contributed by atoms with E-state index in [0.717, 1.165) is 25.4 Å². The quantitative estimate of drug-likeness (QED) is 0.660. The number of hydrogen-bond acceptors (Lipinski definition) is 5. The Labute approximate surface area is 175 Å². The number of rotatable bonds is 3.